The summed E-state index contributed by atoms with van der Waals surface area (Å²) in [5, 5.41) is 0. The molecule has 1 atom stereocenters. The predicted molar refractivity (Wildman–Crippen MR) is 57.4 cm³/mol. The number of hydrogen-bond donors (Lipinski definition) is 0. The molecule has 0 aromatic carbocycles. The Hall–Kier alpha value is -1.49. The van der Waals surface area contributed by atoms with Crippen LogP contribution in [0.1, 0.15) is 12.1 Å². The van der Waals surface area contributed by atoms with Crippen molar-refractivity contribution < 1.29 is 9.53 Å². The van der Waals surface area contributed by atoms with Gasteiger partial charge in [0, 0.05) is 31.7 Å². The number of likely N-dealkylation sites (tertiary alicyclic amines) is 1. The van der Waals surface area contributed by atoms with Crippen molar-refractivity contribution >= 4 is 5.97 Å². The molecule has 5 nitrogen and oxygen atoms in total. The van der Waals surface area contributed by atoms with Crippen LogP contribution in [-0.4, -0.2) is 41.0 Å². The quantitative estimate of drug-likeness (QED) is 0.694. The summed E-state index contributed by atoms with van der Waals surface area (Å²) in [5.41, 5.74) is 0.938. The molecule has 5 heteroatoms. The summed E-state index contributed by atoms with van der Waals surface area (Å²) in [6.45, 7) is 2.42. The van der Waals surface area contributed by atoms with Crippen LogP contribution in [0.3, 0.4) is 0 Å². The molecule has 0 aliphatic carbocycles. The molecule has 1 unspecified atom stereocenters. The van der Waals surface area contributed by atoms with Crippen LogP contribution in [0.2, 0.25) is 0 Å². The molecule has 1 fully saturated rings. The van der Waals surface area contributed by atoms with Crippen molar-refractivity contribution in [2.45, 2.75) is 13.0 Å². The number of nitrogens with zero attached hydrogens (tertiary/aromatic N) is 3. The van der Waals surface area contributed by atoms with Crippen LogP contribution in [0.25, 0.3) is 0 Å². The maximum Gasteiger partial charge on any atom is 0.310 e. The second-order valence-corrected chi connectivity index (χ2v) is 3.94. The van der Waals surface area contributed by atoms with E-state index in [2.05, 4.69) is 14.9 Å². The topological polar surface area (TPSA) is 55.3 Å². The molecule has 0 bridgehead atoms. The zero-order chi connectivity index (χ0) is 11.4. The highest BCUT2D eigenvalue weighted by Crippen LogP contribution is 2.18. The number of rotatable bonds is 3. The summed E-state index contributed by atoms with van der Waals surface area (Å²) in [6, 6.07) is 0. The molecule has 1 saturated heterocycles. The van der Waals surface area contributed by atoms with E-state index < -0.39 is 0 Å². The van der Waals surface area contributed by atoms with Crippen LogP contribution in [0, 0.1) is 5.92 Å². The zero-order valence-corrected chi connectivity index (χ0v) is 9.30. The van der Waals surface area contributed by atoms with Gasteiger partial charge in [-0.2, -0.15) is 0 Å². The molecule has 0 spiro atoms. The van der Waals surface area contributed by atoms with Gasteiger partial charge in [0.25, 0.3) is 0 Å². The lowest BCUT2D eigenvalue weighted by Gasteiger charge is -2.14. The fraction of sp³-hybridized carbons (Fsp3) is 0.545. The monoisotopic (exact) mass is 221 g/mol. The van der Waals surface area contributed by atoms with Gasteiger partial charge in [-0.1, -0.05) is 0 Å². The summed E-state index contributed by atoms with van der Waals surface area (Å²) in [7, 11) is 1.44. The SMILES string of the molecule is COC(=O)C1CCN(Cc2cnccn2)C1. The predicted octanol–water partition coefficient (Wildman–Crippen LogP) is 0.471. The van der Waals surface area contributed by atoms with E-state index >= 15 is 0 Å². The Balaban J connectivity index is 1.88. The van der Waals surface area contributed by atoms with E-state index in [1.807, 2.05) is 0 Å². The lowest BCUT2D eigenvalue weighted by molar-refractivity contribution is -0.144. The van der Waals surface area contributed by atoms with Gasteiger partial charge in [-0.05, 0) is 13.0 Å². The van der Waals surface area contributed by atoms with Gasteiger partial charge in [0.15, 0.2) is 0 Å². The highest BCUT2D eigenvalue weighted by atomic mass is 16.5. The molecular formula is C11H15N3O2. The molecule has 2 heterocycles. The summed E-state index contributed by atoms with van der Waals surface area (Å²) >= 11 is 0. The van der Waals surface area contributed by atoms with Crippen molar-refractivity contribution in [2.75, 3.05) is 20.2 Å². The number of carbonyl (C=O) groups excluding carboxylic acids is 1. The number of hydrogen-bond acceptors (Lipinski definition) is 5. The van der Waals surface area contributed by atoms with Gasteiger partial charge in [-0.25, -0.2) is 0 Å². The number of ether oxygens (including phenoxy) is 1. The molecule has 16 heavy (non-hydrogen) atoms. The van der Waals surface area contributed by atoms with E-state index in [1.165, 1.54) is 7.11 Å². The van der Waals surface area contributed by atoms with Gasteiger partial charge in [0.05, 0.1) is 18.7 Å². The average Bonchev–Trinajstić information content (AvgIpc) is 2.78. The first-order valence-electron chi connectivity index (χ1n) is 5.34. The second-order valence-electron chi connectivity index (χ2n) is 3.94. The zero-order valence-electron chi connectivity index (χ0n) is 9.30. The Bertz CT molecular complexity index is 356. The van der Waals surface area contributed by atoms with Gasteiger partial charge >= 0.3 is 5.97 Å². The van der Waals surface area contributed by atoms with Gasteiger partial charge in [-0.3, -0.25) is 19.7 Å². The third-order valence-corrected chi connectivity index (χ3v) is 2.81. The Kier molecular flexibility index (Phi) is 3.46. The van der Waals surface area contributed by atoms with Crippen molar-refractivity contribution in [2.24, 2.45) is 5.92 Å². The largest absolute Gasteiger partial charge is 0.469 e. The minimum absolute atomic E-state index is 0.0154. The van der Waals surface area contributed by atoms with Crippen LogP contribution in [0.5, 0.6) is 0 Å². The van der Waals surface area contributed by atoms with Gasteiger partial charge < -0.3 is 4.74 Å². The number of carbonyl (C=O) groups is 1. The van der Waals surface area contributed by atoms with Gasteiger partial charge in [0.2, 0.25) is 0 Å². The number of esters is 1. The second kappa shape index (κ2) is 5.03. The van der Waals surface area contributed by atoms with E-state index in [-0.39, 0.29) is 11.9 Å². The Morgan fingerprint density at radius 2 is 2.50 bits per heavy atom. The summed E-state index contributed by atoms with van der Waals surface area (Å²) in [6.07, 6.45) is 5.96. The molecule has 0 N–H and O–H groups in total. The van der Waals surface area contributed by atoms with E-state index in [1.54, 1.807) is 18.6 Å². The average molecular weight is 221 g/mol. The first-order chi connectivity index (χ1) is 7.79. The van der Waals surface area contributed by atoms with E-state index in [4.69, 9.17) is 4.74 Å². The smallest absolute Gasteiger partial charge is 0.310 e. The molecule has 86 valence electrons. The fourth-order valence-electron chi connectivity index (χ4n) is 1.98. The molecule has 1 aliphatic heterocycles. The minimum atomic E-state index is -0.110. The van der Waals surface area contributed by atoms with Gasteiger partial charge in [-0.15, -0.1) is 0 Å². The number of methoxy groups -OCH3 is 1. The Morgan fingerprint density at radius 1 is 1.62 bits per heavy atom. The molecule has 1 aromatic rings. The first-order valence-corrected chi connectivity index (χ1v) is 5.34. The Morgan fingerprint density at radius 3 is 3.19 bits per heavy atom. The molecule has 0 saturated carbocycles. The van der Waals surface area contributed by atoms with Crippen molar-refractivity contribution in [1.29, 1.82) is 0 Å². The Labute approximate surface area is 94.5 Å². The molecule has 0 radical (unpaired) electrons. The van der Waals surface area contributed by atoms with Crippen LogP contribution in [0.4, 0.5) is 0 Å². The van der Waals surface area contributed by atoms with Crippen molar-refractivity contribution in [3.63, 3.8) is 0 Å². The summed E-state index contributed by atoms with van der Waals surface area (Å²) in [5.74, 6) is -0.0942. The van der Waals surface area contributed by atoms with E-state index in [0.29, 0.717) is 0 Å². The minimum Gasteiger partial charge on any atom is -0.469 e. The van der Waals surface area contributed by atoms with Crippen LogP contribution in [-0.2, 0) is 16.1 Å². The lowest BCUT2D eigenvalue weighted by atomic mass is 10.1. The molecule has 2 rings (SSSR count). The van der Waals surface area contributed by atoms with Crippen molar-refractivity contribution in [1.82, 2.24) is 14.9 Å². The summed E-state index contributed by atoms with van der Waals surface area (Å²) < 4.78 is 4.74. The maximum atomic E-state index is 11.3. The van der Waals surface area contributed by atoms with Crippen LogP contribution in [0.15, 0.2) is 18.6 Å². The summed E-state index contributed by atoms with van der Waals surface area (Å²) in [4.78, 5) is 21.8. The van der Waals surface area contributed by atoms with Crippen LogP contribution >= 0.6 is 0 Å². The first kappa shape index (κ1) is 11.0. The maximum absolute atomic E-state index is 11.3. The lowest BCUT2D eigenvalue weighted by Crippen LogP contribution is -2.24. The molecular weight excluding hydrogens is 206 g/mol. The van der Waals surface area contributed by atoms with Crippen LogP contribution < -0.4 is 0 Å². The standard InChI is InChI=1S/C11H15N3O2/c1-16-11(15)9-2-5-14(7-9)8-10-6-12-3-4-13-10/h3-4,6,9H,2,5,7-8H2,1H3. The highest BCUT2D eigenvalue weighted by molar-refractivity contribution is 5.72. The fourth-order valence-corrected chi connectivity index (χ4v) is 1.98. The molecule has 0 amide bonds. The number of aromatic nitrogens is 2. The molecule has 1 aliphatic rings. The third-order valence-electron chi connectivity index (χ3n) is 2.81. The van der Waals surface area contributed by atoms with E-state index in [0.717, 1.165) is 31.7 Å². The van der Waals surface area contributed by atoms with Crippen molar-refractivity contribution in [3.05, 3.63) is 24.3 Å². The highest BCUT2D eigenvalue weighted by Gasteiger charge is 2.28. The normalized spacial score (nSPS) is 20.9. The van der Waals surface area contributed by atoms with Gasteiger partial charge in [0.1, 0.15) is 0 Å². The van der Waals surface area contributed by atoms with Crippen molar-refractivity contribution in [3.8, 4) is 0 Å². The molecule has 1 aromatic heterocycles. The van der Waals surface area contributed by atoms with E-state index in [9.17, 15) is 4.79 Å². The third kappa shape index (κ3) is 2.55.